The Morgan fingerprint density at radius 2 is 2.08 bits per heavy atom. The van der Waals surface area contributed by atoms with Crippen molar-refractivity contribution in [1.29, 1.82) is 0 Å². The molecule has 0 amide bonds. The molecule has 128 valence electrons. The molecule has 1 aromatic heterocycles. The molecule has 25 heavy (non-hydrogen) atoms. The van der Waals surface area contributed by atoms with Crippen LogP contribution in [-0.4, -0.2) is 11.2 Å². The van der Waals surface area contributed by atoms with Gasteiger partial charge in [0.15, 0.2) is 11.6 Å². The number of nitrogens with zero attached hydrogens (tertiary/aromatic N) is 2. The number of hydrazone groups is 1. The molecule has 0 spiro atoms. The van der Waals surface area contributed by atoms with Crippen LogP contribution in [0.2, 0.25) is 0 Å². The number of halogens is 2. The fourth-order valence-corrected chi connectivity index (χ4v) is 2.53. The molecule has 0 aliphatic heterocycles. The van der Waals surface area contributed by atoms with Crippen LogP contribution in [0.15, 0.2) is 52.9 Å². The van der Waals surface area contributed by atoms with Gasteiger partial charge in [0.1, 0.15) is 18.2 Å². The second-order valence-corrected chi connectivity index (χ2v) is 5.92. The summed E-state index contributed by atoms with van der Waals surface area (Å²) >= 11 is 1.35. The molecule has 0 atom stereocenters. The van der Waals surface area contributed by atoms with Gasteiger partial charge >= 0.3 is 0 Å². The topological polar surface area (TPSA) is 72.5 Å². The number of hydrogen-bond acceptors (Lipinski definition) is 6. The third kappa shape index (κ3) is 4.74. The van der Waals surface area contributed by atoms with Crippen LogP contribution < -0.4 is 15.9 Å². The van der Waals surface area contributed by atoms with Crippen LogP contribution in [0.1, 0.15) is 11.1 Å². The molecule has 0 bridgehead atoms. The van der Waals surface area contributed by atoms with Gasteiger partial charge in [-0.25, -0.2) is 13.8 Å². The van der Waals surface area contributed by atoms with Gasteiger partial charge in [-0.15, -0.1) is 11.3 Å². The van der Waals surface area contributed by atoms with Crippen molar-refractivity contribution in [1.82, 2.24) is 4.98 Å². The molecule has 5 nitrogen and oxygen atoms in total. The van der Waals surface area contributed by atoms with E-state index in [1.807, 2.05) is 12.1 Å². The number of nitrogens with two attached hydrogens (primary N) is 1. The second-order valence-electron chi connectivity index (χ2n) is 5.06. The Hall–Kier alpha value is -3.00. The SMILES string of the molecule is Nc1csc(NN=Cc2cccc(OCc3ccc(F)c(F)c3)c2)n1. The van der Waals surface area contributed by atoms with Gasteiger partial charge in [-0.05, 0) is 35.4 Å². The number of rotatable bonds is 6. The lowest BCUT2D eigenvalue weighted by Gasteiger charge is -2.07. The molecule has 1 heterocycles. The van der Waals surface area contributed by atoms with Crippen molar-refractivity contribution in [2.24, 2.45) is 5.10 Å². The maximum absolute atomic E-state index is 13.2. The molecule has 3 N–H and O–H groups in total. The zero-order valence-corrected chi connectivity index (χ0v) is 13.8. The van der Waals surface area contributed by atoms with Crippen molar-refractivity contribution in [2.45, 2.75) is 6.61 Å². The molecule has 3 rings (SSSR count). The highest BCUT2D eigenvalue weighted by Crippen LogP contribution is 2.17. The lowest BCUT2D eigenvalue weighted by atomic mass is 10.2. The third-order valence-corrected chi connectivity index (χ3v) is 3.91. The predicted octanol–water partition coefficient (Wildman–Crippen LogP) is 4.03. The zero-order valence-electron chi connectivity index (χ0n) is 12.9. The predicted molar refractivity (Wildman–Crippen MR) is 94.9 cm³/mol. The lowest BCUT2D eigenvalue weighted by Crippen LogP contribution is -1.98. The van der Waals surface area contributed by atoms with Crippen molar-refractivity contribution < 1.29 is 13.5 Å². The Bertz CT molecular complexity index is 898. The van der Waals surface area contributed by atoms with Gasteiger partial charge in [-0.1, -0.05) is 18.2 Å². The lowest BCUT2D eigenvalue weighted by molar-refractivity contribution is 0.305. The number of nitrogen functional groups attached to an aromatic ring is 1. The van der Waals surface area contributed by atoms with Crippen LogP contribution in [0.3, 0.4) is 0 Å². The molecule has 0 radical (unpaired) electrons. The van der Waals surface area contributed by atoms with Gasteiger partial charge in [-0.3, -0.25) is 5.43 Å². The fourth-order valence-electron chi connectivity index (χ4n) is 1.98. The summed E-state index contributed by atoms with van der Waals surface area (Å²) < 4.78 is 31.7. The Morgan fingerprint density at radius 1 is 1.20 bits per heavy atom. The average Bonchev–Trinajstić information content (AvgIpc) is 3.02. The summed E-state index contributed by atoms with van der Waals surface area (Å²) in [5, 5.41) is 6.39. The molecule has 8 heteroatoms. The monoisotopic (exact) mass is 360 g/mol. The smallest absolute Gasteiger partial charge is 0.205 e. The number of thiazole rings is 1. The van der Waals surface area contributed by atoms with Crippen LogP contribution in [0.4, 0.5) is 19.7 Å². The second kappa shape index (κ2) is 7.71. The minimum atomic E-state index is -0.893. The summed E-state index contributed by atoms with van der Waals surface area (Å²) in [7, 11) is 0. The molecule has 3 aromatic rings. The standard InChI is InChI=1S/C17H14F2N4OS/c18-14-5-4-12(7-15(14)19)9-24-13-3-1-2-11(6-13)8-21-23-17-22-16(20)10-25-17/h1-8,10H,9,20H2,(H,22,23). The highest BCUT2D eigenvalue weighted by molar-refractivity contribution is 7.14. The molecule has 0 saturated carbocycles. The van der Waals surface area contributed by atoms with Gasteiger partial charge in [0.05, 0.1) is 6.21 Å². The highest BCUT2D eigenvalue weighted by Gasteiger charge is 2.03. The summed E-state index contributed by atoms with van der Waals surface area (Å²) in [4.78, 5) is 4.03. The van der Waals surface area contributed by atoms with Crippen molar-refractivity contribution in [3.8, 4) is 5.75 Å². The molecule has 0 aliphatic rings. The summed E-state index contributed by atoms with van der Waals surface area (Å²) in [5.41, 5.74) is 9.66. The molecule has 0 unspecified atom stereocenters. The Morgan fingerprint density at radius 3 is 2.84 bits per heavy atom. The van der Waals surface area contributed by atoms with E-state index in [0.717, 1.165) is 17.7 Å². The van der Waals surface area contributed by atoms with E-state index in [-0.39, 0.29) is 6.61 Å². The number of anilines is 2. The van der Waals surface area contributed by atoms with Gasteiger partial charge in [0.25, 0.3) is 0 Å². The normalized spacial score (nSPS) is 11.0. The van der Waals surface area contributed by atoms with Crippen molar-refractivity contribution in [3.05, 3.63) is 70.6 Å². The summed E-state index contributed by atoms with van der Waals surface area (Å²) in [6.07, 6.45) is 1.61. The third-order valence-electron chi connectivity index (χ3n) is 3.14. The molecule has 2 aromatic carbocycles. The van der Waals surface area contributed by atoms with E-state index in [9.17, 15) is 8.78 Å². The summed E-state index contributed by atoms with van der Waals surface area (Å²) in [6, 6.07) is 10.9. The Kier molecular flexibility index (Phi) is 5.20. The van der Waals surface area contributed by atoms with E-state index in [2.05, 4.69) is 15.5 Å². The van der Waals surface area contributed by atoms with Gasteiger partial charge in [0, 0.05) is 5.38 Å². The van der Waals surface area contributed by atoms with Crippen LogP contribution in [0.5, 0.6) is 5.75 Å². The largest absolute Gasteiger partial charge is 0.489 e. The van der Waals surface area contributed by atoms with E-state index >= 15 is 0 Å². The van der Waals surface area contributed by atoms with Crippen molar-refractivity contribution in [3.63, 3.8) is 0 Å². The fraction of sp³-hybridized carbons (Fsp3) is 0.0588. The number of hydrogen-bond donors (Lipinski definition) is 2. The average molecular weight is 360 g/mol. The first-order valence-electron chi connectivity index (χ1n) is 7.27. The molecule has 0 saturated heterocycles. The van der Waals surface area contributed by atoms with E-state index in [1.54, 1.807) is 23.7 Å². The maximum Gasteiger partial charge on any atom is 0.205 e. The van der Waals surface area contributed by atoms with E-state index < -0.39 is 11.6 Å². The van der Waals surface area contributed by atoms with Gasteiger partial charge < -0.3 is 10.5 Å². The van der Waals surface area contributed by atoms with Crippen molar-refractivity contribution >= 4 is 28.5 Å². The Balaban J connectivity index is 1.59. The zero-order chi connectivity index (χ0) is 17.6. The minimum Gasteiger partial charge on any atom is -0.489 e. The number of ether oxygens (including phenoxy) is 1. The minimum absolute atomic E-state index is 0.133. The quantitative estimate of drug-likeness (QED) is 0.514. The summed E-state index contributed by atoms with van der Waals surface area (Å²) in [5.74, 6) is -0.741. The molecular formula is C17H14F2N4OS. The van der Waals surface area contributed by atoms with Gasteiger partial charge in [-0.2, -0.15) is 5.10 Å². The van der Waals surface area contributed by atoms with Crippen LogP contribution >= 0.6 is 11.3 Å². The molecule has 0 aliphatic carbocycles. The number of aromatic nitrogens is 1. The Labute approximate surface area is 146 Å². The van der Waals surface area contributed by atoms with Crippen LogP contribution in [0, 0.1) is 11.6 Å². The van der Waals surface area contributed by atoms with E-state index in [4.69, 9.17) is 10.5 Å². The van der Waals surface area contributed by atoms with Crippen molar-refractivity contribution in [2.75, 3.05) is 11.2 Å². The first-order valence-corrected chi connectivity index (χ1v) is 8.15. The molecule has 0 fully saturated rings. The van der Waals surface area contributed by atoms with E-state index in [1.165, 1.54) is 17.4 Å². The first kappa shape index (κ1) is 16.8. The number of benzene rings is 2. The highest BCUT2D eigenvalue weighted by atomic mass is 32.1. The van der Waals surface area contributed by atoms with Crippen LogP contribution in [-0.2, 0) is 6.61 Å². The first-order chi connectivity index (χ1) is 12.1. The summed E-state index contributed by atoms with van der Waals surface area (Å²) in [6.45, 7) is 0.133. The molecular weight excluding hydrogens is 346 g/mol. The van der Waals surface area contributed by atoms with Gasteiger partial charge in [0.2, 0.25) is 5.13 Å². The number of nitrogens with one attached hydrogen (secondary N) is 1. The van der Waals surface area contributed by atoms with E-state index in [0.29, 0.717) is 22.3 Å². The maximum atomic E-state index is 13.2. The van der Waals surface area contributed by atoms with Crippen LogP contribution in [0.25, 0.3) is 0 Å².